The van der Waals surface area contributed by atoms with Crippen LogP contribution in [0.25, 0.3) is 10.8 Å². The van der Waals surface area contributed by atoms with Gasteiger partial charge in [0.05, 0.1) is 0 Å². The zero-order chi connectivity index (χ0) is 18.0. The van der Waals surface area contributed by atoms with Gasteiger partial charge in [-0.2, -0.15) is 0 Å². The maximum atomic E-state index is 14.6. The van der Waals surface area contributed by atoms with Crippen molar-refractivity contribution in [3.05, 3.63) is 109 Å². The summed E-state index contributed by atoms with van der Waals surface area (Å²) in [6.45, 7) is 2.10. The van der Waals surface area contributed by atoms with Gasteiger partial charge in [0.25, 0.3) is 0 Å². The molecule has 2 heteroatoms. The lowest BCUT2D eigenvalue weighted by Crippen LogP contribution is -2.20. The third kappa shape index (κ3) is 2.79. The molecule has 4 aromatic rings. The molecular formula is C24H21OP. The monoisotopic (exact) mass is 356 g/mol. The van der Waals surface area contributed by atoms with Gasteiger partial charge in [-0.25, -0.2) is 0 Å². The number of benzene rings is 4. The molecule has 0 aromatic heterocycles. The molecular weight excluding hydrogens is 335 g/mol. The first-order chi connectivity index (χ1) is 12.7. The van der Waals surface area contributed by atoms with Gasteiger partial charge in [0, 0.05) is 16.3 Å². The minimum atomic E-state index is -2.84. The SMILES string of the molecule is CC(c1cccc2ccccc12)P(=O)(c1ccccc1)c1ccccc1. The van der Waals surface area contributed by atoms with Gasteiger partial charge in [0.1, 0.15) is 7.14 Å². The molecule has 0 aliphatic carbocycles. The van der Waals surface area contributed by atoms with Crippen molar-refractivity contribution in [3.8, 4) is 0 Å². The van der Waals surface area contributed by atoms with Crippen molar-refractivity contribution >= 4 is 28.5 Å². The predicted molar refractivity (Wildman–Crippen MR) is 112 cm³/mol. The first-order valence-electron chi connectivity index (χ1n) is 8.90. The second-order valence-electron chi connectivity index (χ2n) is 6.57. The van der Waals surface area contributed by atoms with Gasteiger partial charge in [-0.3, -0.25) is 0 Å². The Morgan fingerprint density at radius 1 is 0.615 bits per heavy atom. The minimum Gasteiger partial charge on any atom is -0.313 e. The van der Waals surface area contributed by atoms with Crippen LogP contribution in [0.5, 0.6) is 0 Å². The van der Waals surface area contributed by atoms with Crippen LogP contribution in [0.1, 0.15) is 18.1 Å². The standard InChI is InChI=1S/C24H21OP/c1-19(23-18-10-12-20-11-8-9-17-24(20)23)26(25,21-13-4-2-5-14-21)22-15-6-3-7-16-22/h2-19H,1H3. The summed E-state index contributed by atoms with van der Waals surface area (Å²) < 4.78 is 14.6. The summed E-state index contributed by atoms with van der Waals surface area (Å²) in [6, 6.07) is 34.4. The molecule has 0 aliphatic rings. The molecule has 0 saturated heterocycles. The zero-order valence-electron chi connectivity index (χ0n) is 14.7. The van der Waals surface area contributed by atoms with Gasteiger partial charge in [0.15, 0.2) is 0 Å². The highest BCUT2D eigenvalue weighted by atomic mass is 31.2. The van der Waals surface area contributed by atoms with Gasteiger partial charge < -0.3 is 4.57 Å². The minimum absolute atomic E-state index is 0.113. The van der Waals surface area contributed by atoms with Crippen LogP contribution in [0.15, 0.2) is 103 Å². The van der Waals surface area contributed by atoms with Crippen LogP contribution < -0.4 is 10.6 Å². The van der Waals surface area contributed by atoms with Gasteiger partial charge >= 0.3 is 0 Å². The summed E-state index contributed by atoms with van der Waals surface area (Å²) in [5, 5.41) is 4.18. The van der Waals surface area contributed by atoms with Crippen LogP contribution in [0, 0.1) is 0 Å². The van der Waals surface area contributed by atoms with Crippen molar-refractivity contribution < 1.29 is 4.57 Å². The third-order valence-electron chi connectivity index (χ3n) is 5.10. The van der Waals surface area contributed by atoms with E-state index >= 15 is 0 Å². The molecule has 26 heavy (non-hydrogen) atoms. The van der Waals surface area contributed by atoms with E-state index in [0.29, 0.717) is 0 Å². The summed E-state index contributed by atoms with van der Waals surface area (Å²) >= 11 is 0. The van der Waals surface area contributed by atoms with E-state index in [2.05, 4.69) is 43.3 Å². The maximum absolute atomic E-state index is 14.6. The normalized spacial score (nSPS) is 12.8. The molecule has 4 rings (SSSR count). The topological polar surface area (TPSA) is 17.1 Å². The average Bonchev–Trinajstić information content (AvgIpc) is 2.73. The second-order valence-corrected chi connectivity index (χ2v) is 9.70. The molecule has 0 radical (unpaired) electrons. The number of hydrogen-bond acceptors (Lipinski definition) is 1. The highest BCUT2D eigenvalue weighted by molar-refractivity contribution is 7.79. The van der Waals surface area contributed by atoms with E-state index in [-0.39, 0.29) is 5.66 Å². The molecule has 1 nitrogen and oxygen atoms in total. The Balaban J connectivity index is 1.96. The van der Waals surface area contributed by atoms with Crippen molar-refractivity contribution in [3.63, 3.8) is 0 Å². The maximum Gasteiger partial charge on any atom is 0.150 e. The van der Waals surface area contributed by atoms with Crippen LogP contribution in [-0.2, 0) is 4.57 Å². The lowest BCUT2D eigenvalue weighted by molar-refractivity contribution is 0.581. The molecule has 4 aromatic carbocycles. The molecule has 0 bridgehead atoms. The summed E-state index contributed by atoms with van der Waals surface area (Å²) in [5.41, 5.74) is 1.03. The molecule has 0 amide bonds. The van der Waals surface area contributed by atoms with Crippen LogP contribution in [-0.4, -0.2) is 0 Å². The van der Waals surface area contributed by atoms with Crippen LogP contribution in [0.2, 0.25) is 0 Å². The van der Waals surface area contributed by atoms with Crippen LogP contribution in [0.4, 0.5) is 0 Å². The highest BCUT2D eigenvalue weighted by Crippen LogP contribution is 2.57. The van der Waals surface area contributed by atoms with Crippen LogP contribution in [0.3, 0.4) is 0 Å². The molecule has 0 aliphatic heterocycles. The van der Waals surface area contributed by atoms with E-state index in [1.807, 2.05) is 66.7 Å². The Kier molecular flexibility index (Phi) is 4.49. The van der Waals surface area contributed by atoms with E-state index in [9.17, 15) is 4.57 Å². The molecule has 1 unspecified atom stereocenters. The average molecular weight is 356 g/mol. The molecule has 0 fully saturated rings. The van der Waals surface area contributed by atoms with Gasteiger partial charge in [-0.1, -0.05) is 110 Å². The van der Waals surface area contributed by atoms with E-state index < -0.39 is 7.14 Å². The van der Waals surface area contributed by atoms with Gasteiger partial charge in [0.2, 0.25) is 0 Å². The van der Waals surface area contributed by atoms with Crippen molar-refractivity contribution in [2.75, 3.05) is 0 Å². The van der Waals surface area contributed by atoms with Gasteiger partial charge in [-0.05, 0) is 16.3 Å². The van der Waals surface area contributed by atoms with Crippen molar-refractivity contribution in [2.24, 2.45) is 0 Å². The van der Waals surface area contributed by atoms with E-state index in [0.717, 1.165) is 16.2 Å². The first-order valence-corrected chi connectivity index (χ1v) is 10.7. The predicted octanol–water partition coefficient (Wildman–Crippen LogP) is 5.91. The molecule has 0 heterocycles. The zero-order valence-corrected chi connectivity index (χ0v) is 15.6. The second kappa shape index (κ2) is 6.94. The number of hydrogen-bond donors (Lipinski definition) is 0. The Morgan fingerprint density at radius 2 is 1.12 bits per heavy atom. The Hall–Kier alpha value is -2.63. The van der Waals surface area contributed by atoms with E-state index in [1.165, 1.54) is 10.8 Å². The largest absolute Gasteiger partial charge is 0.313 e. The molecule has 0 spiro atoms. The fourth-order valence-electron chi connectivity index (χ4n) is 3.71. The van der Waals surface area contributed by atoms with Gasteiger partial charge in [-0.15, -0.1) is 0 Å². The smallest absolute Gasteiger partial charge is 0.150 e. The highest BCUT2D eigenvalue weighted by Gasteiger charge is 2.35. The Morgan fingerprint density at radius 3 is 1.73 bits per heavy atom. The van der Waals surface area contributed by atoms with E-state index in [4.69, 9.17) is 0 Å². The summed E-state index contributed by atoms with van der Waals surface area (Å²) in [6.07, 6.45) is 0. The lowest BCUT2D eigenvalue weighted by Gasteiger charge is -2.27. The molecule has 1 atom stereocenters. The fourth-order valence-corrected chi connectivity index (χ4v) is 6.75. The number of rotatable bonds is 4. The van der Waals surface area contributed by atoms with Crippen LogP contribution >= 0.6 is 7.14 Å². The third-order valence-corrected chi connectivity index (χ3v) is 8.60. The lowest BCUT2D eigenvalue weighted by atomic mass is 10.0. The molecule has 0 N–H and O–H groups in total. The molecule has 0 saturated carbocycles. The fraction of sp³-hybridized carbons (Fsp3) is 0.0833. The van der Waals surface area contributed by atoms with Crippen molar-refractivity contribution in [1.82, 2.24) is 0 Å². The summed E-state index contributed by atoms with van der Waals surface area (Å²) in [7, 11) is -2.84. The van der Waals surface area contributed by atoms with Crippen molar-refractivity contribution in [2.45, 2.75) is 12.6 Å². The Bertz CT molecular complexity index is 1020. The number of fused-ring (bicyclic) bond motifs is 1. The summed E-state index contributed by atoms with van der Waals surface area (Å²) in [4.78, 5) is 0. The van der Waals surface area contributed by atoms with E-state index in [1.54, 1.807) is 0 Å². The first kappa shape index (κ1) is 16.8. The van der Waals surface area contributed by atoms with Crippen molar-refractivity contribution in [1.29, 1.82) is 0 Å². The summed E-state index contributed by atoms with van der Waals surface area (Å²) in [5.74, 6) is 0. The Labute approximate surface area is 154 Å². The quantitative estimate of drug-likeness (QED) is 0.415. The molecule has 128 valence electrons.